The van der Waals surface area contributed by atoms with Gasteiger partial charge in [-0.1, -0.05) is 25.3 Å². The first kappa shape index (κ1) is 14.1. The minimum absolute atomic E-state index is 0.0182. The van der Waals surface area contributed by atoms with Gasteiger partial charge in [0.2, 0.25) is 0 Å². The Hall–Kier alpha value is -1.29. The molecule has 104 valence electrons. The minimum Gasteiger partial charge on any atom is -0.487 e. The van der Waals surface area contributed by atoms with Crippen LogP contribution >= 0.6 is 11.6 Å². The third-order valence-corrected chi connectivity index (χ3v) is 3.88. The highest BCUT2D eigenvalue weighted by Crippen LogP contribution is 2.31. The molecule has 0 aromatic heterocycles. The van der Waals surface area contributed by atoms with Crippen molar-refractivity contribution in [3.8, 4) is 5.75 Å². The van der Waals surface area contributed by atoms with E-state index in [1.165, 1.54) is 25.3 Å². The van der Waals surface area contributed by atoms with Crippen molar-refractivity contribution in [3.63, 3.8) is 0 Å². The van der Waals surface area contributed by atoms with Crippen LogP contribution in [-0.4, -0.2) is 11.5 Å². The molecule has 4 nitrogen and oxygen atoms in total. The van der Waals surface area contributed by atoms with E-state index in [1.54, 1.807) is 12.1 Å². The maximum atomic E-state index is 11.0. The molecule has 0 amide bonds. The van der Waals surface area contributed by atoms with E-state index < -0.39 is 4.92 Å². The summed E-state index contributed by atoms with van der Waals surface area (Å²) in [4.78, 5) is 10.6. The van der Waals surface area contributed by atoms with Gasteiger partial charge < -0.3 is 4.74 Å². The molecule has 1 aliphatic carbocycles. The second-order valence-corrected chi connectivity index (χ2v) is 5.28. The molecular formula is C14H18ClNO3. The van der Waals surface area contributed by atoms with Crippen molar-refractivity contribution >= 4 is 17.3 Å². The number of nitro benzene ring substituents is 1. The topological polar surface area (TPSA) is 52.4 Å². The van der Waals surface area contributed by atoms with Crippen molar-refractivity contribution < 1.29 is 9.66 Å². The zero-order chi connectivity index (χ0) is 13.7. The summed E-state index contributed by atoms with van der Waals surface area (Å²) in [6.45, 7) is 0.562. The average Bonchev–Trinajstić information content (AvgIpc) is 2.45. The Morgan fingerprint density at radius 2 is 2.05 bits per heavy atom. The molecule has 19 heavy (non-hydrogen) atoms. The lowest BCUT2D eigenvalue weighted by molar-refractivity contribution is -0.385. The normalized spacial score (nSPS) is 16.3. The van der Waals surface area contributed by atoms with Gasteiger partial charge >= 0.3 is 5.69 Å². The summed E-state index contributed by atoms with van der Waals surface area (Å²) < 4.78 is 5.68. The molecule has 0 heterocycles. The van der Waals surface area contributed by atoms with Crippen LogP contribution in [0.1, 0.15) is 37.7 Å². The summed E-state index contributed by atoms with van der Waals surface area (Å²) in [5.74, 6) is 1.19. The molecule has 1 fully saturated rings. The van der Waals surface area contributed by atoms with Crippen molar-refractivity contribution in [2.24, 2.45) is 5.92 Å². The van der Waals surface area contributed by atoms with Crippen LogP contribution in [0.15, 0.2) is 18.2 Å². The van der Waals surface area contributed by atoms with E-state index in [9.17, 15) is 10.1 Å². The number of ether oxygens (including phenoxy) is 1. The van der Waals surface area contributed by atoms with Gasteiger partial charge in [-0.05, 0) is 30.4 Å². The van der Waals surface area contributed by atoms with Gasteiger partial charge in [0.1, 0.15) is 0 Å². The summed E-state index contributed by atoms with van der Waals surface area (Å²) in [6.07, 6.45) is 6.07. The standard InChI is InChI=1S/C14H18ClNO3/c15-9-12-6-7-13(16(17)18)14(8-12)19-10-11-4-2-1-3-5-11/h6-8,11H,1-5,9-10H2. The van der Waals surface area contributed by atoms with Crippen molar-refractivity contribution in [2.75, 3.05) is 6.61 Å². The lowest BCUT2D eigenvalue weighted by atomic mass is 9.90. The Morgan fingerprint density at radius 1 is 1.32 bits per heavy atom. The van der Waals surface area contributed by atoms with E-state index in [2.05, 4.69) is 0 Å². The zero-order valence-electron chi connectivity index (χ0n) is 10.8. The Bertz CT molecular complexity index is 444. The van der Waals surface area contributed by atoms with Gasteiger partial charge in [-0.3, -0.25) is 10.1 Å². The minimum atomic E-state index is -0.409. The largest absolute Gasteiger partial charge is 0.487 e. The van der Waals surface area contributed by atoms with Crippen LogP contribution < -0.4 is 4.74 Å². The highest BCUT2D eigenvalue weighted by molar-refractivity contribution is 6.17. The zero-order valence-corrected chi connectivity index (χ0v) is 11.6. The summed E-state index contributed by atoms with van der Waals surface area (Å²) in [7, 11) is 0. The van der Waals surface area contributed by atoms with Crippen LogP contribution in [0.3, 0.4) is 0 Å². The lowest BCUT2D eigenvalue weighted by Gasteiger charge is -2.21. The van der Waals surface area contributed by atoms with Gasteiger partial charge in [0.25, 0.3) is 0 Å². The Morgan fingerprint density at radius 3 is 2.68 bits per heavy atom. The summed E-state index contributed by atoms with van der Waals surface area (Å²) in [5.41, 5.74) is 0.857. The molecule has 0 saturated heterocycles. The smallest absolute Gasteiger partial charge is 0.310 e. The molecule has 2 rings (SSSR count). The number of hydrogen-bond acceptors (Lipinski definition) is 3. The molecule has 0 radical (unpaired) electrons. The number of rotatable bonds is 5. The third kappa shape index (κ3) is 3.83. The van der Waals surface area contributed by atoms with Crippen molar-refractivity contribution in [1.82, 2.24) is 0 Å². The summed E-state index contributed by atoms with van der Waals surface area (Å²) in [6, 6.07) is 4.81. The molecule has 1 aliphatic rings. The second kappa shape index (κ2) is 6.75. The number of halogens is 1. The maximum Gasteiger partial charge on any atom is 0.310 e. The number of hydrogen-bond donors (Lipinski definition) is 0. The summed E-state index contributed by atoms with van der Waals surface area (Å²) >= 11 is 5.75. The number of nitro groups is 1. The Balaban J connectivity index is 2.06. The average molecular weight is 284 g/mol. The van der Waals surface area contributed by atoms with Crippen LogP contribution in [0.2, 0.25) is 0 Å². The summed E-state index contributed by atoms with van der Waals surface area (Å²) in [5, 5.41) is 11.0. The van der Waals surface area contributed by atoms with Crippen LogP contribution in [0.4, 0.5) is 5.69 Å². The molecule has 0 N–H and O–H groups in total. The number of benzene rings is 1. The van der Waals surface area contributed by atoms with E-state index in [0.29, 0.717) is 24.2 Å². The molecule has 0 spiro atoms. The van der Waals surface area contributed by atoms with Gasteiger partial charge in [-0.15, -0.1) is 11.6 Å². The third-order valence-electron chi connectivity index (χ3n) is 3.57. The predicted molar refractivity (Wildman–Crippen MR) is 74.7 cm³/mol. The molecule has 1 aromatic rings. The van der Waals surface area contributed by atoms with Crippen LogP contribution in [-0.2, 0) is 5.88 Å². The van der Waals surface area contributed by atoms with Gasteiger partial charge in [0.05, 0.1) is 11.5 Å². The fourth-order valence-electron chi connectivity index (χ4n) is 2.47. The fourth-order valence-corrected chi connectivity index (χ4v) is 2.64. The highest BCUT2D eigenvalue weighted by Gasteiger charge is 2.19. The van der Waals surface area contributed by atoms with E-state index >= 15 is 0 Å². The molecule has 5 heteroatoms. The van der Waals surface area contributed by atoms with Crippen LogP contribution in [0.5, 0.6) is 5.75 Å². The molecular weight excluding hydrogens is 266 g/mol. The monoisotopic (exact) mass is 283 g/mol. The first-order valence-corrected chi connectivity index (χ1v) is 7.20. The van der Waals surface area contributed by atoms with E-state index in [4.69, 9.17) is 16.3 Å². The molecule has 0 atom stereocenters. The molecule has 0 aliphatic heterocycles. The number of alkyl halides is 1. The first-order chi connectivity index (χ1) is 9.20. The predicted octanol–water partition coefficient (Wildman–Crippen LogP) is 4.29. The van der Waals surface area contributed by atoms with Gasteiger partial charge in [-0.25, -0.2) is 0 Å². The second-order valence-electron chi connectivity index (χ2n) is 5.01. The van der Waals surface area contributed by atoms with E-state index in [0.717, 1.165) is 18.4 Å². The van der Waals surface area contributed by atoms with Crippen molar-refractivity contribution in [1.29, 1.82) is 0 Å². The van der Waals surface area contributed by atoms with Crippen molar-refractivity contribution in [3.05, 3.63) is 33.9 Å². The molecule has 0 unspecified atom stereocenters. The SMILES string of the molecule is O=[N+]([O-])c1ccc(CCl)cc1OCC1CCCCC1. The van der Waals surface area contributed by atoms with Gasteiger partial charge in [0, 0.05) is 11.9 Å². The van der Waals surface area contributed by atoms with Gasteiger partial charge in [0.15, 0.2) is 5.75 Å². The van der Waals surface area contributed by atoms with Crippen molar-refractivity contribution in [2.45, 2.75) is 38.0 Å². The first-order valence-electron chi connectivity index (χ1n) is 6.67. The van der Waals surface area contributed by atoms with Gasteiger partial charge in [-0.2, -0.15) is 0 Å². The molecule has 1 aromatic carbocycles. The molecule has 1 saturated carbocycles. The lowest BCUT2D eigenvalue weighted by Crippen LogP contribution is -2.15. The van der Waals surface area contributed by atoms with E-state index in [-0.39, 0.29) is 5.69 Å². The quantitative estimate of drug-likeness (QED) is 0.460. The molecule has 0 bridgehead atoms. The van der Waals surface area contributed by atoms with Crippen LogP contribution in [0.25, 0.3) is 0 Å². The van der Waals surface area contributed by atoms with Crippen LogP contribution in [0, 0.1) is 16.0 Å². The number of nitrogens with zero attached hydrogens (tertiary/aromatic N) is 1. The highest BCUT2D eigenvalue weighted by atomic mass is 35.5. The Kier molecular flexibility index (Phi) is 5.02. The maximum absolute atomic E-state index is 11.0. The Labute approximate surface area is 117 Å². The fraction of sp³-hybridized carbons (Fsp3) is 0.571. The van der Waals surface area contributed by atoms with E-state index in [1.807, 2.05) is 0 Å².